The van der Waals surface area contributed by atoms with E-state index in [9.17, 15) is 22.8 Å². The third-order valence-electron chi connectivity index (χ3n) is 3.98. The Labute approximate surface area is 152 Å². The van der Waals surface area contributed by atoms with Gasteiger partial charge in [0.25, 0.3) is 0 Å². The molecule has 1 unspecified atom stereocenters. The van der Waals surface area contributed by atoms with Crippen LogP contribution in [0.2, 0.25) is 0 Å². The first-order valence-electron chi connectivity index (χ1n) is 8.12. The Morgan fingerprint density at radius 3 is 2.52 bits per heavy atom. The zero-order valence-corrected chi connectivity index (χ0v) is 14.6. The minimum atomic E-state index is -4.53. The molecule has 10 heteroatoms. The summed E-state index contributed by atoms with van der Waals surface area (Å²) in [5, 5.41) is 6.47. The molecule has 1 aromatic carbocycles. The van der Waals surface area contributed by atoms with Crippen LogP contribution in [0.25, 0.3) is 5.69 Å². The second-order valence-electron chi connectivity index (χ2n) is 6.15. The number of benzene rings is 1. The highest BCUT2D eigenvalue weighted by Gasteiger charge is 2.36. The number of carbonyl (C=O) groups is 2. The molecule has 1 saturated heterocycles. The second kappa shape index (κ2) is 6.93. The monoisotopic (exact) mass is 382 g/mol. The van der Waals surface area contributed by atoms with Crippen molar-refractivity contribution in [2.75, 3.05) is 18.0 Å². The van der Waals surface area contributed by atoms with Gasteiger partial charge in [-0.1, -0.05) is 0 Å². The van der Waals surface area contributed by atoms with Crippen LogP contribution >= 0.6 is 0 Å². The molecule has 27 heavy (non-hydrogen) atoms. The van der Waals surface area contributed by atoms with Crippen LogP contribution in [0.4, 0.5) is 23.7 Å². The summed E-state index contributed by atoms with van der Waals surface area (Å²) in [4.78, 5) is 24.3. The van der Waals surface area contributed by atoms with Crippen molar-refractivity contribution in [2.24, 2.45) is 0 Å². The van der Waals surface area contributed by atoms with E-state index in [-0.39, 0.29) is 30.4 Å². The molecular weight excluding hydrogens is 365 g/mol. The van der Waals surface area contributed by atoms with E-state index >= 15 is 0 Å². The average Bonchev–Trinajstić information content (AvgIpc) is 3.16. The van der Waals surface area contributed by atoms with E-state index in [1.807, 2.05) is 0 Å². The Morgan fingerprint density at radius 2 is 1.93 bits per heavy atom. The van der Waals surface area contributed by atoms with Crippen LogP contribution in [0.15, 0.2) is 30.3 Å². The molecule has 0 saturated carbocycles. The summed E-state index contributed by atoms with van der Waals surface area (Å²) < 4.78 is 45.4. The molecule has 1 aliphatic heterocycles. The molecule has 0 aliphatic carbocycles. The number of nitrogens with zero attached hydrogens (tertiary/aromatic N) is 3. The molecule has 1 N–H and O–H groups in total. The minimum absolute atomic E-state index is 0.192. The smallest absolute Gasteiger partial charge is 0.433 e. The molecule has 0 spiro atoms. The summed E-state index contributed by atoms with van der Waals surface area (Å²) in [7, 11) is 0. The summed E-state index contributed by atoms with van der Waals surface area (Å²) in [6.07, 6.45) is -5.61. The standard InChI is InChI=1S/C17H17F3N4O3/c1-10-7-15(17(18,19)20)24(22-10)13-5-3-12(4-6-13)23-9-14(27-16(23)26)8-21-11(2)25/h3-7,14H,8-9H2,1-2H3,(H,21,25). The molecule has 3 rings (SSSR count). The number of nitrogens with one attached hydrogen (secondary N) is 1. The number of aromatic nitrogens is 2. The zero-order valence-electron chi connectivity index (χ0n) is 14.6. The lowest BCUT2D eigenvalue weighted by molar-refractivity contribution is -0.142. The van der Waals surface area contributed by atoms with Crippen molar-refractivity contribution in [1.29, 1.82) is 0 Å². The van der Waals surface area contributed by atoms with Gasteiger partial charge in [0.2, 0.25) is 5.91 Å². The first kappa shape index (κ1) is 18.7. The van der Waals surface area contributed by atoms with Crippen LogP contribution < -0.4 is 10.2 Å². The highest BCUT2D eigenvalue weighted by Crippen LogP contribution is 2.32. The number of amides is 2. The fraction of sp³-hybridized carbons (Fsp3) is 0.353. The molecule has 2 aromatic rings. The summed E-state index contributed by atoms with van der Waals surface area (Å²) >= 11 is 0. The van der Waals surface area contributed by atoms with Gasteiger partial charge in [0, 0.05) is 12.6 Å². The zero-order chi connectivity index (χ0) is 19.8. The van der Waals surface area contributed by atoms with Crippen molar-refractivity contribution in [1.82, 2.24) is 15.1 Å². The van der Waals surface area contributed by atoms with E-state index in [2.05, 4.69) is 10.4 Å². The predicted octanol–water partition coefficient (Wildman–Crippen LogP) is 2.66. The Balaban J connectivity index is 1.79. The van der Waals surface area contributed by atoms with Gasteiger partial charge in [0.15, 0.2) is 0 Å². The lowest BCUT2D eigenvalue weighted by Gasteiger charge is -2.15. The lowest BCUT2D eigenvalue weighted by Crippen LogP contribution is -2.33. The van der Waals surface area contributed by atoms with Crippen LogP contribution in [0.3, 0.4) is 0 Å². The van der Waals surface area contributed by atoms with Gasteiger partial charge < -0.3 is 10.1 Å². The maximum absolute atomic E-state index is 13.1. The van der Waals surface area contributed by atoms with Gasteiger partial charge in [-0.15, -0.1) is 0 Å². The van der Waals surface area contributed by atoms with E-state index in [1.54, 1.807) is 0 Å². The molecule has 2 amide bonds. The fourth-order valence-corrected chi connectivity index (χ4v) is 2.77. The number of rotatable bonds is 4. The molecule has 7 nitrogen and oxygen atoms in total. The summed E-state index contributed by atoms with van der Waals surface area (Å²) in [6.45, 7) is 3.26. The maximum Gasteiger partial charge on any atom is 0.433 e. The van der Waals surface area contributed by atoms with Crippen molar-refractivity contribution in [2.45, 2.75) is 26.1 Å². The van der Waals surface area contributed by atoms with E-state index in [0.29, 0.717) is 5.69 Å². The fourth-order valence-electron chi connectivity index (χ4n) is 2.77. The van der Waals surface area contributed by atoms with Crippen LogP contribution in [-0.4, -0.2) is 41.0 Å². The maximum atomic E-state index is 13.1. The summed E-state index contributed by atoms with van der Waals surface area (Å²) in [6, 6.07) is 6.92. The highest BCUT2D eigenvalue weighted by atomic mass is 19.4. The quantitative estimate of drug-likeness (QED) is 0.882. The Kier molecular flexibility index (Phi) is 4.81. The number of halogens is 3. The van der Waals surface area contributed by atoms with Gasteiger partial charge in [-0.05, 0) is 37.3 Å². The number of ether oxygens (including phenoxy) is 1. The molecule has 0 bridgehead atoms. The van der Waals surface area contributed by atoms with Crippen LogP contribution in [0.5, 0.6) is 0 Å². The molecule has 1 fully saturated rings. The van der Waals surface area contributed by atoms with E-state index in [1.165, 1.54) is 43.0 Å². The normalized spacial score (nSPS) is 17.1. The van der Waals surface area contributed by atoms with Gasteiger partial charge >= 0.3 is 12.3 Å². The number of alkyl halides is 3. The number of aryl methyl sites for hydroxylation is 1. The highest BCUT2D eigenvalue weighted by molar-refractivity contribution is 5.90. The van der Waals surface area contributed by atoms with E-state index in [0.717, 1.165) is 10.7 Å². The minimum Gasteiger partial charge on any atom is -0.442 e. The first-order valence-corrected chi connectivity index (χ1v) is 8.12. The molecule has 2 heterocycles. The van der Waals surface area contributed by atoms with Crippen LogP contribution in [-0.2, 0) is 15.7 Å². The SMILES string of the molecule is CC(=O)NCC1CN(c2ccc(-n3nc(C)cc3C(F)(F)F)cc2)C(=O)O1. The summed E-state index contributed by atoms with van der Waals surface area (Å²) in [5.41, 5.74) is 0.0760. The number of carbonyl (C=O) groups excluding carboxylic acids is 2. The summed E-state index contributed by atoms with van der Waals surface area (Å²) in [5.74, 6) is -0.233. The largest absolute Gasteiger partial charge is 0.442 e. The average molecular weight is 382 g/mol. The number of hydrogen-bond donors (Lipinski definition) is 1. The van der Waals surface area contributed by atoms with Gasteiger partial charge in [-0.2, -0.15) is 18.3 Å². The third kappa shape index (κ3) is 4.04. The Morgan fingerprint density at radius 1 is 1.30 bits per heavy atom. The lowest BCUT2D eigenvalue weighted by atomic mass is 10.2. The third-order valence-corrected chi connectivity index (χ3v) is 3.98. The second-order valence-corrected chi connectivity index (χ2v) is 6.15. The van der Waals surface area contributed by atoms with Gasteiger partial charge in [-0.25, -0.2) is 9.48 Å². The van der Waals surface area contributed by atoms with Crippen molar-refractivity contribution >= 4 is 17.7 Å². The van der Waals surface area contributed by atoms with Crippen LogP contribution in [0, 0.1) is 6.92 Å². The van der Waals surface area contributed by atoms with Gasteiger partial charge in [-0.3, -0.25) is 9.69 Å². The van der Waals surface area contributed by atoms with E-state index < -0.39 is 24.1 Å². The number of cyclic esters (lactones) is 1. The van der Waals surface area contributed by atoms with Crippen molar-refractivity contribution < 1.29 is 27.5 Å². The molecule has 1 atom stereocenters. The van der Waals surface area contributed by atoms with Gasteiger partial charge in [0.05, 0.1) is 24.5 Å². The predicted molar refractivity (Wildman–Crippen MR) is 89.6 cm³/mol. The van der Waals surface area contributed by atoms with Crippen LogP contribution in [0.1, 0.15) is 18.3 Å². The first-order chi connectivity index (χ1) is 12.6. The Bertz CT molecular complexity index is 861. The van der Waals surface area contributed by atoms with Crippen molar-refractivity contribution in [3.05, 3.63) is 41.7 Å². The van der Waals surface area contributed by atoms with E-state index in [4.69, 9.17) is 4.74 Å². The molecule has 144 valence electrons. The molecule has 1 aliphatic rings. The molecular formula is C17H17F3N4O3. The molecule has 0 radical (unpaired) electrons. The number of hydrogen-bond acceptors (Lipinski definition) is 4. The topological polar surface area (TPSA) is 76.5 Å². The van der Waals surface area contributed by atoms with Gasteiger partial charge in [0.1, 0.15) is 11.8 Å². The van der Waals surface area contributed by atoms with Crippen molar-refractivity contribution in [3.8, 4) is 5.69 Å². The number of anilines is 1. The van der Waals surface area contributed by atoms with Crippen molar-refractivity contribution in [3.63, 3.8) is 0 Å². The molecule has 1 aromatic heterocycles. The Hall–Kier alpha value is -3.04.